The molecule has 1 aromatic rings. The number of hydrogen-bond acceptors (Lipinski definition) is 3. The van der Waals surface area contributed by atoms with Gasteiger partial charge in [-0.25, -0.2) is 0 Å². The lowest BCUT2D eigenvalue weighted by Gasteiger charge is -2.22. The van der Waals surface area contributed by atoms with Gasteiger partial charge in [-0.15, -0.1) is 0 Å². The zero-order valence-corrected chi connectivity index (χ0v) is 13.8. The SMILES string of the molecule is O=C1CC(Nc2ccc(Cl)cc2Br)C(=O)N1C1CCCC1. The molecule has 21 heavy (non-hydrogen) atoms. The Morgan fingerprint density at radius 1 is 1.24 bits per heavy atom. The molecule has 6 heteroatoms. The number of benzene rings is 1. The normalized spacial score (nSPS) is 23.1. The molecule has 1 N–H and O–H groups in total. The summed E-state index contributed by atoms with van der Waals surface area (Å²) >= 11 is 9.32. The van der Waals surface area contributed by atoms with Crippen molar-refractivity contribution in [3.05, 3.63) is 27.7 Å². The number of nitrogens with one attached hydrogen (secondary N) is 1. The summed E-state index contributed by atoms with van der Waals surface area (Å²) in [4.78, 5) is 26.1. The number of anilines is 1. The lowest BCUT2D eigenvalue weighted by molar-refractivity contribution is -0.141. The van der Waals surface area contributed by atoms with E-state index < -0.39 is 6.04 Å². The van der Waals surface area contributed by atoms with Crippen molar-refractivity contribution in [3.8, 4) is 0 Å². The first-order valence-electron chi connectivity index (χ1n) is 7.14. The number of imide groups is 1. The van der Waals surface area contributed by atoms with Crippen LogP contribution in [0.3, 0.4) is 0 Å². The lowest BCUT2D eigenvalue weighted by atomic mass is 10.2. The number of nitrogens with zero attached hydrogens (tertiary/aromatic N) is 1. The van der Waals surface area contributed by atoms with Crippen molar-refractivity contribution >= 4 is 45.0 Å². The number of amides is 2. The maximum atomic E-state index is 12.5. The monoisotopic (exact) mass is 370 g/mol. The molecular weight excluding hydrogens is 356 g/mol. The van der Waals surface area contributed by atoms with Crippen LogP contribution in [0.4, 0.5) is 5.69 Å². The Bertz CT molecular complexity index is 587. The van der Waals surface area contributed by atoms with Crippen LogP contribution in [-0.2, 0) is 9.59 Å². The van der Waals surface area contributed by atoms with Crippen molar-refractivity contribution in [2.24, 2.45) is 0 Å². The van der Waals surface area contributed by atoms with Crippen molar-refractivity contribution < 1.29 is 9.59 Å². The molecule has 2 amide bonds. The van der Waals surface area contributed by atoms with Gasteiger partial charge in [-0.3, -0.25) is 14.5 Å². The summed E-state index contributed by atoms with van der Waals surface area (Å²) in [7, 11) is 0. The summed E-state index contributed by atoms with van der Waals surface area (Å²) in [5.74, 6) is -0.164. The lowest BCUT2D eigenvalue weighted by Crippen LogP contribution is -2.41. The van der Waals surface area contributed by atoms with Crippen LogP contribution in [0.1, 0.15) is 32.1 Å². The van der Waals surface area contributed by atoms with E-state index in [2.05, 4.69) is 21.2 Å². The fourth-order valence-electron chi connectivity index (χ4n) is 3.10. The van der Waals surface area contributed by atoms with Crippen LogP contribution in [0.25, 0.3) is 0 Å². The second-order valence-electron chi connectivity index (χ2n) is 5.57. The van der Waals surface area contributed by atoms with Gasteiger partial charge in [-0.2, -0.15) is 0 Å². The van der Waals surface area contributed by atoms with E-state index in [-0.39, 0.29) is 24.3 Å². The van der Waals surface area contributed by atoms with Crippen molar-refractivity contribution in [3.63, 3.8) is 0 Å². The molecule has 1 saturated heterocycles. The second kappa shape index (κ2) is 5.97. The van der Waals surface area contributed by atoms with Gasteiger partial charge in [0.05, 0.1) is 6.42 Å². The van der Waals surface area contributed by atoms with Crippen LogP contribution < -0.4 is 5.32 Å². The maximum absolute atomic E-state index is 12.5. The van der Waals surface area contributed by atoms with Crippen LogP contribution in [0, 0.1) is 0 Å². The van der Waals surface area contributed by atoms with Crippen LogP contribution in [-0.4, -0.2) is 28.8 Å². The maximum Gasteiger partial charge on any atom is 0.252 e. The Kier molecular flexibility index (Phi) is 4.22. The first-order valence-corrected chi connectivity index (χ1v) is 8.31. The van der Waals surface area contributed by atoms with E-state index in [1.54, 1.807) is 12.1 Å². The van der Waals surface area contributed by atoms with Gasteiger partial charge < -0.3 is 5.32 Å². The Balaban J connectivity index is 1.75. The van der Waals surface area contributed by atoms with Gasteiger partial charge in [0.1, 0.15) is 6.04 Å². The highest BCUT2D eigenvalue weighted by molar-refractivity contribution is 9.10. The van der Waals surface area contributed by atoms with E-state index in [1.165, 1.54) is 4.90 Å². The molecule has 1 heterocycles. The van der Waals surface area contributed by atoms with Gasteiger partial charge in [0.25, 0.3) is 5.91 Å². The fraction of sp³-hybridized carbons (Fsp3) is 0.467. The predicted octanol–water partition coefficient (Wildman–Crippen LogP) is 3.58. The molecule has 1 unspecified atom stereocenters. The van der Waals surface area contributed by atoms with Gasteiger partial charge in [-0.05, 0) is 47.0 Å². The van der Waals surface area contributed by atoms with E-state index in [1.807, 2.05) is 6.07 Å². The third kappa shape index (κ3) is 2.94. The molecule has 4 nitrogen and oxygen atoms in total. The Morgan fingerprint density at radius 3 is 2.62 bits per heavy atom. The average Bonchev–Trinajstić information content (AvgIpc) is 3.02. The predicted molar refractivity (Wildman–Crippen MR) is 85.3 cm³/mol. The van der Waals surface area contributed by atoms with Gasteiger partial charge in [0.2, 0.25) is 5.91 Å². The number of carbonyl (C=O) groups excluding carboxylic acids is 2. The molecule has 0 bridgehead atoms. The second-order valence-corrected chi connectivity index (χ2v) is 6.86. The molecule has 1 aliphatic carbocycles. The van der Waals surface area contributed by atoms with Crippen LogP contribution in [0.2, 0.25) is 5.02 Å². The van der Waals surface area contributed by atoms with Crippen molar-refractivity contribution in [2.75, 3.05) is 5.32 Å². The molecule has 0 radical (unpaired) electrons. The van der Waals surface area contributed by atoms with Crippen molar-refractivity contribution in [1.29, 1.82) is 0 Å². The highest BCUT2D eigenvalue weighted by Gasteiger charge is 2.43. The highest BCUT2D eigenvalue weighted by Crippen LogP contribution is 2.31. The molecule has 3 rings (SSSR count). The van der Waals surface area contributed by atoms with E-state index in [9.17, 15) is 9.59 Å². The smallest absolute Gasteiger partial charge is 0.252 e. The first-order chi connectivity index (χ1) is 10.1. The third-order valence-electron chi connectivity index (χ3n) is 4.13. The summed E-state index contributed by atoms with van der Waals surface area (Å²) in [6, 6.07) is 4.95. The number of likely N-dealkylation sites (tertiary alicyclic amines) is 1. The van der Waals surface area contributed by atoms with Gasteiger partial charge >= 0.3 is 0 Å². The number of halogens is 2. The van der Waals surface area contributed by atoms with Crippen LogP contribution in [0.15, 0.2) is 22.7 Å². The van der Waals surface area contributed by atoms with Crippen LogP contribution in [0.5, 0.6) is 0 Å². The summed E-state index contributed by atoms with van der Waals surface area (Å²) in [5, 5.41) is 3.77. The van der Waals surface area contributed by atoms with Gasteiger partial charge in [-0.1, -0.05) is 24.4 Å². The largest absolute Gasteiger partial charge is 0.372 e. The summed E-state index contributed by atoms with van der Waals surface area (Å²) in [6.45, 7) is 0. The van der Waals surface area contributed by atoms with E-state index in [0.717, 1.165) is 35.8 Å². The Labute approximate surface area is 137 Å². The molecule has 2 fully saturated rings. The summed E-state index contributed by atoms with van der Waals surface area (Å²) < 4.78 is 0.787. The van der Waals surface area contributed by atoms with Crippen molar-refractivity contribution in [2.45, 2.75) is 44.2 Å². The Morgan fingerprint density at radius 2 is 1.95 bits per heavy atom. The standard InChI is InChI=1S/C15H16BrClN2O2/c16-11-7-9(17)5-6-12(11)18-13-8-14(20)19(15(13)21)10-3-1-2-4-10/h5-7,10,13,18H,1-4,8H2. The van der Waals surface area contributed by atoms with Crippen LogP contribution >= 0.6 is 27.5 Å². The summed E-state index contributed by atoms with van der Waals surface area (Å²) in [5.41, 5.74) is 0.777. The topological polar surface area (TPSA) is 49.4 Å². The quantitative estimate of drug-likeness (QED) is 0.826. The molecule has 1 aromatic carbocycles. The van der Waals surface area contributed by atoms with Crippen molar-refractivity contribution in [1.82, 2.24) is 4.90 Å². The van der Waals surface area contributed by atoms with Gasteiger partial charge in [0.15, 0.2) is 0 Å². The fourth-order valence-corrected chi connectivity index (χ4v) is 3.90. The highest BCUT2D eigenvalue weighted by atomic mass is 79.9. The zero-order chi connectivity index (χ0) is 15.0. The molecule has 1 aliphatic heterocycles. The van der Waals surface area contributed by atoms with E-state index in [4.69, 9.17) is 11.6 Å². The average molecular weight is 372 g/mol. The molecule has 2 aliphatic rings. The summed E-state index contributed by atoms with van der Waals surface area (Å²) in [6.07, 6.45) is 4.30. The third-order valence-corrected chi connectivity index (χ3v) is 5.02. The first kappa shape index (κ1) is 14.9. The molecule has 1 saturated carbocycles. The zero-order valence-electron chi connectivity index (χ0n) is 11.4. The van der Waals surface area contributed by atoms with E-state index >= 15 is 0 Å². The molecule has 0 aromatic heterocycles. The Hall–Kier alpha value is -1.07. The molecular formula is C15H16BrClN2O2. The minimum absolute atomic E-state index is 0.0607. The molecule has 0 spiro atoms. The number of rotatable bonds is 3. The molecule has 1 atom stereocenters. The minimum Gasteiger partial charge on any atom is -0.372 e. The number of hydrogen-bond donors (Lipinski definition) is 1. The minimum atomic E-state index is -0.476. The van der Waals surface area contributed by atoms with E-state index in [0.29, 0.717) is 5.02 Å². The molecule has 112 valence electrons. The number of carbonyl (C=O) groups is 2. The van der Waals surface area contributed by atoms with Gasteiger partial charge in [0, 0.05) is 21.2 Å².